The van der Waals surface area contributed by atoms with E-state index in [0.29, 0.717) is 24.8 Å². The number of carbonyl (C=O) groups is 1. The maximum atomic E-state index is 12.6. The Hall–Kier alpha value is -1.47. The first-order chi connectivity index (χ1) is 10.3. The van der Waals surface area contributed by atoms with Crippen molar-refractivity contribution in [2.24, 2.45) is 5.41 Å². The fourth-order valence-corrected chi connectivity index (χ4v) is 3.22. The van der Waals surface area contributed by atoms with Gasteiger partial charge in [-0.05, 0) is 32.9 Å². The molecular formula is C15H25N5O2. The molecule has 0 spiro atoms. The number of hydrogen-bond acceptors (Lipinski definition) is 5. The van der Waals surface area contributed by atoms with Crippen molar-refractivity contribution < 1.29 is 9.90 Å². The molecule has 22 heavy (non-hydrogen) atoms. The van der Waals surface area contributed by atoms with Crippen LogP contribution in [0.25, 0.3) is 0 Å². The molecule has 0 saturated carbocycles. The van der Waals surface area contributed by atoms with Crippen molar-refractivity contribution >= 4 is 5.91 Å². The lowest BCUT2D eigenvalue weighted by Crippen LogP contribution is -2.40. The molecule has 3 heterocycles. The van der Waals surface area contributed by atoms with Crippen LogP contribution in [0.4, 0.5) is 0 Å². The van der Waals surface area contributed by atoms with Crippen LogP contribution >= 0.6 is 0 Å². The number of carbonyl (C=O) groups excluding carboxylic acids is 1. The van der Waals surface area contributed by atoms with Gasteiger partial charge in [-0.1, -0.05) is 19.1 Å². The highest BCUT2D eigenvalue weighted by atomic mass is 16.3. The average Bonchev–Trinajstić information content (AvgIpc) is 3.03. The number of aliphatic hydroxyl groups is 1. The summed E-state index contributed by atoms with van der Waals surface area (Å²) in [5, 5.41) is 22.0. The van der Waals surface area contributed by atoms with Crippen molar-refractivity contribution in [1.29, 1.82) is 0 Å². The van der Waals surface area contributed by atoms with Gasteiger partial charge in [0.2, 0.25) is 0 Å². The van der Waals surface area contributed by atoms with Crippen LogP contribution in [0, 0.1) is 5.41 Å². The van der Waals surface area contributed by atoms with Gasteiger partial charge in [0.25, 0.3) is 5.91 Å². The molecule has 1 aromatic heterocycles. The predicted octanol–water partition coefficient (Wildman–Crippen LogP) is 0.436. The van der Waals surface area contributed by atoms with Crippen LogP contribution in [-0.2, 0) is 0 Å². The number of piperidine rings is 1. The lowest BCUT2D eigenvalue weighted by Gasteiger charge is -2.30. The SMILES string of the molecule is CC1(C)CN(C(=O)c2cn(C3CCNCC3)nn2)CC1(C)O. The molecular weight excluding hydrogens is 282 g/mol. The molecule has 1 aromatic rings. The molecule has 0 bridgehead atoms. The van der Waals surface area contributed by atoms with Crippen LogP contribution in [0.3, 0.4) is 0 Å². The minimum Gasteiger partial charge on any atom is -0.388 e. The first-order valence-electron chi connectivity index (χ1n) is 7.94. The summed E-state index contributed by atoms with van der Waals surface area (Å²) >= 11 is 0. The molecule has 0 radical (unpaired) electrons. The monoisotopic (exact) mass is 307 g/mol. The first kappa shape index (κ1) is 15.4. The Bertz CT molecular complexity index is 544. The second-order valence-corrected chi connectivity index (χ2v) is 7.38. The molecule has 2 aliphatic rings. The summed E-state index contributed by atoms with van der Waals surface area (Å²) in [6.45, 7) is 8.54. The van der Waals surface area contributed by atoms with E-state index in [9.17, 15) is 9.90 Å². The Morgan fingerprint density at radius 3 is 2.59 bits per heavy atom. The van der Waals surface area contributed by atoms with Crippen LogP contribution in [0.1, 0.15) is 50.1 Å². The van der Waals surface area contributed by atoms with Crippen molar-refractivity contribution in [1.82, 2.24) is 25.2 Å². The van der Waals surface area contributed by atoms with Gasteiger partial charge in [0, 0.05) is 12.0 Å². The molecule has 1 amide bonds. The molecule has 0 aromatic carbocycles. The van der Waals surface area contributed by atoms with E-state index in [-0.39, 0.29) is 11.3 Å². The first-order valence-corrected chi connectivity index (χ1v) is 7.94. The summed E-state index contributed by atoms with van der Waals surface area (Å²) in [5.41, 5.74) is -0.839. The second-order valence-electron chi connectivity index (χ2n) is 7.38. The van der Waals surface area contributed by atoms with E-state index < -0.39 is 5.60 Å². The van der Waals surface area contributed by atoms with E-state index in [1.54, 1.807) is 18.0 Å². The Morgan fingerprint density at radius 2 is 2.00 bits per heavy atom. The molecule has 1 atom stereocenters. The molecule has 3 rings (SSSR count). The smallest absolute Gasteiger partial charge is 0.276 e. The van der Waals surface area contributed by atoms with E-state index in [0.717, 1.165) is 25.9 Å². The fourth-order valence-electron chi connectivity index (χ4n) is 3.22. The Balaban J connectivity index is 1.72. The molecule has 2 aliphatic heterocycles. The zero-order valence-electron chi connectivity index (χ0n) is 13.5. The summed E-state index contributed by atoms with van der Waals surface area (Å²) in [5.74, 6) is -0.147. The molecule has 0 aliphatic carbocycles. The van der Waals surface area contributed by atoms with Crippen LogP contribution < -0.4 is 5.32 Å². The van der Waals surface area contributed by atoms with Crippen LogP contribution in [0.5, 0.6) is 0 Å². The number of β-amino-alcohol motifs (C(OH)–C–C–N with tert-alkyl or cyclic N) is 1. The van der Waals surface area contributed by atoms with Crippen molar-refractivity contribution in [3.8, 4) is 0 Å². The molecule has 7 heteroatoms. The summed E-state index contributed by atoms with van der Waals surface area (Å²) < 4.78 is 1.81. The van der Waals surface area contributed by atoms with Crippen molar-refractivity contribution in [2.45, 2.75) is 45.3 Å². The predicted molar refractivity (Wildman–Crippen MR) is 81.5 cm³/mol. The topological polar surface area (TPSA) is 83.3 Å². The van der Waals surface area contributed by atoms with Gasteiger partial charge in [-0.3, -0.25) is 4.79 Å². The minimum absolute atomic E-state index is 0.147. The molecule has 2 N–H and O–H groups in total. The van der Waals surface area contributed by atoms with E-state index in [1.807, 2.05) is 18.5 Å². The highest BCUT2D eigenvalue weighted by Crippen LogP contribution is 2.38. The standard InChI is InChI=1S/C15H25N5O2/c1-14(2)9-19(10-15(14,3)22)13(21)12-8-20(18-17-12)11-4-6-16-7-5-11/h8,11,16,22H,4-7,9-10H2,1-3H3. The van der Waals surface area contributed by atoms with Gasteiger partial charge in [0.05, 0.1) is 24.4 Å². The number of nitrogens with zero attached hydrogens (tertiary/aromatic N) is 4. The average molecular weight is 307 g/mol. The Kier molecular flexibility index (Phi) is 3.72. The molecule has 2 fully saturated rings. The maximum Gasteiger partial charge on any atom is 0.276 e. The van der Waals surface area contributed by atoms with E-state index in [2.05, 4.69) is 15.6 Å². The fraction of sp³-hybridized carbons (Fsp3) is 0.800. The summed E-state index contributed by atoms with van der Waals surface area (Å²) in [7, 11) is 0. The second kappa shape index (κ2) is 5.31. The van der Waals surface area contributed by atoms with Crippen LogP contribution in [0.15, 0.2) is 6.20 Å². The van der Waals surface area contributed by atoms with Gasteiger partial charge >= 0.3 is 0 Å². The Morgan fingerprint density at radius 1 is 1.32 bits per heavy atom. The van der Waals surface area contributed by atoms with Gasteiger partial charge in [-0.2, -0.15) is 0 Å². The normalized spacial score (nSPS) is 29.0. The van der Waals surface area contributed by atoms with E-state index in [4.69, 9.17) is 0 Å². The summed E-state index contributed by atoms with van der Waals surface area (Å²) in [4.78, 5) is 14.3. The van der Waals surface area contributed by atoms with Crippen molar-refractivity contribution in [3.05, 3.63) is 11.9 Å². The van der Waals surface area contributed by atoms with Crippen LogP contribution in [0.2, 0.25) is 0 Å². The van der Waals surface area contributed by atoms with Crippen molar-refractivity contribution in [2.75, 3.05) is 26.2 Å². The molecule has 7 nitrogen and oxygen atoms in total. The highest BCUT2D eigenvalue weighted by molar-refractivity contribution is 5.92. The lowest BCUT2D eigenvalue weighted by atomic mass is 9.79. The van der Waals surface area contributed by atoms with E-state index in [1.165, 1.54) is 0 Å². The van der Waals surface area contributed by atoms with Gasteiger partial charge in [-0.15, -0.1) is 5.10 Å². The zero-order valence-corrected chi connectivity index (χ0v) is 13.5. The Labute approximate surface area is 130 Å². The van der Waals surface area contributed by atoms with Gasteiger partial charge in [0.1, 0.15) is 0 Å². The van der Waals surface area contributed by atoms with Gasteiger partial charge < -0.3 is 15.3 Å². The largest absolute Gasteiger partial charge is 0.388 e. The number of aromatic nitrogens is 3. The number of nitrogens with one attached hydrogen (secondary N) is 1. The summed E-state index contributed by atoms with van der Waals surface area (Å²) in [6.07, 6.45) is 3.75. The zero-order chi connectivity index (χ0) is 16.0. The number of rotatable bonds is 2. The minimum atomic E-state index is -0.881. The maximum absolute atomic E-state index is 12.6. The number of likely N-dealkylation sites (tertiary alicyclic amines) is 1. The summed E-state index contributed by atoms with van der Waals surface area (Å²) in [6, 6.07) is 0.313. The quantitative estimate of drug-likeness (QED) is 0.828. The third-order valence-electron chi connectivity index (χ3n) is 5.24. The van der Waals surface area contributed by atoms with Crippen molar-refractivity contribution in [3.63, 3.8) is 0 Å². The van der Waals surface area contributed by atoms with Gasteiger partial charge in [0.15, 0.2) is 5.69 Å². The lowest BCUT2D eigenvalue weighted by molar-refractivity contribution is -0.0108. The van der Waals surface area contributed by atoms with E-state index >= 15 is 0 Å². The van der Waals surface area contributed by atoms with Gasteiger partial charge in [-0.25, -0.2) is 4.68 Å². The number of amides is 1. The third-order valence-corrected chi connectivity index (χ3v) is 5.24. The molecule has 2 saturated heterocycles. The molecule has 1 unspecified atom stereocenters. The number of hydrogen-bond donors (Lipinski definition) is 2. The third kappa shape index (κ3) is 2.63. The van der Waals surface area contributed by atoms with Crippen LogP contribution in [-0.4, -0.2) is 62.7 Å². The molecule has 122 valence electrons. The highest BCUT2D eigenvalue weighted by Gasteiger charge is 2.49.